The van der Waals surface area contributed by atoms with Gasteiger partial charge in [0, 0.05) is 0 Å². The van der Waals surface area contributed by atoms with Crippen LogP contribution in [0.15, 0.2) is 24.3 Å². The zero-order valence-electron chi connectivity index (χ0n) is 10.8. The van der Waals surface area contributed by atoms with Crippen molar-refractivity contribution in [2.24, 2.45) is 0 Å². The molecule has 0 amide bonds. The Bertz CT molecular complexity index is 541. The summed E-state index contributed by atoms with van der Waals surface area (Å²) in [5.74, 6) is 0.328. The summed E-state index contributed by atoms with van der Waals surface area (Å²) in [4.78, 5) is 0. The van der Waals surface area contributed by atoms with Gasteiger partial charge in [-0.1, -0.05) is 30.7 Å². The van der Waals surface area contributed by atoms with Gasteiger partial charge in [-0.05, 0) is 18.6 Å². The molecule has 0 spiro atoms. The largest absolute Gasteiger partial charge is 0.489 e. The topological polar surface area (TPSA) is 66.0 Å². The van der Waals surface area contributed by atoms with E-state index in [9.17, 15) is 4.39 Å². The summed E-state index contributed by atoms with van der Waals surface area (Å²) < 4.78 is 20.4. The van der Waals surface area contributed by atoms with Gasteiger partial charge in [0.2, 0.25) is 0 Å². The predicted molar refractivity (Wildman–Crippen MR) is 70.3 cm³/mol. The lowest BCUT2D eigenvalue weighted by Crippen LogP contribution is -2.13. The van der Waals surface area contributed by atoms with Gasteiger partial charge >= 0.3 is 0 Å². The maximum absolute atomic E-state index is 13.3. The smallest absolute Gasteiger partial charge is 0.169 e. The summed E-state index contributed by atoms with van der Waals surface area (Å²) in [6.07, 6.45) is 1.78. The van der Waals surface area contributed by atoms with Crippen molar-refractivity contribution in [1.82, 2.24) is 15.0 Å². The van der Waals surface area contributed by atoms with Crippen molar-refractivity contribution in [3.8, 4) is 5.75 Å². The lowest BCUT2D eigenvalue weighted by Gasteiger charge is -2.08. The molecule has 1 aromatic carbocycles. The third-order valence-electron chi connectivity index (χ3n) is 2.75. The van der Waals surface area contributed by atoms with Crippen LogP contribution in [0, 0.1) is 5.82 Å². The molecule has 0 aliphatic carbocycles. The molecule has 6 heteroatoms. The van der Waals surface area contributed by atoms with E-state index in [2.05, 4.69) is 17.2 Å². The molecule has 2 N–H and O–H groups in total. The van der Waals surface area contributed by atoms with E-state index in [4.69, 9.17) is 10.5 Å². The molecule has 0 fully saturated rings. The minimum Gasteiger partial charge on any atom is -0.489 e. The molecule has 0 atom stereocenters. The van der Waals surface area contributed by atoms with E-state index in [-0.39, 0.29) is 11.6 Å². The number of hydrogen-bond acceptors (Lipinski definition) is 4. The number of aromatic nitrogens is 3. The van der Waals surface area contributed by atoms with Crippen LogP contribution in [0.5, 0.6) is 5.75 Å². The van der Waals surface area contributed by atoms with Crippen LogP contribution in [0.3, 0.4) is 0 Å². The molecule has 1 aromatic heterocycles. The number of nitrogens with zero attached hydrogens (tertiary/aromatic N) is 3. The Morgan fingerprint density at radius 1 is 1.37 bits per heavy atom. The van der Waals surface area contributed by atoms with E-state index < -0.39 is 0 Å². The number of halogens is 1. The molecular weight excluding hydrogens is 247 g/mol. The van der Waals surface area contributed by atoms with Gasteiger partial charge in [-0.15, -0.1) is 5.10 Å². The van der Waals surface area contributed by atoms with Crippen molar-refractivity contribution >= 4 is 5.82 Å². The first-order valence-electron chi connectivity index (χ1n) is 6.27. The molecule has 102 valence electrons. The minimum atomic E-state index is -0.366. The summed E-state index contributed by atoms with van der Waals surface area (Å²) in [6.45, 7) is 2.88. The van der Waals surface area contributed by atoms with E-state index >= 15 is 0 Å². The van der Waals surface area contributed by atoms with Gasteiger partial charge in [0.15, 0.2) is 17.4 Å². The van der Waals surface area contributed by atoms with E-state index in [0.717, 1.165) is 18.5 Å². The quantitative estimate of drug-likeness (QED) is 0.867. The van der Waals surface area contributed by atoms with Crippen LogP contribution in [0.4, 0.5) is 10.2 Å². The van der Waals surface area contributed by atoms with Gasteiger partial charge in [-0.3, -0.25) is 0 Å². The van der Waals surface area contributed by atoms with Crippen molar-refractivity contribution in [3.05, 3.63) is 35.8 Å². The van der Waals surface area contributed by atoms with Crippen molar-refractivity contribution in [2.75, 3.05) is 12.3 Å². The Labute approximate surface area is 111 Å². The van der Waals surface area contributed by atoms with Crippen molar-refractivity contribution in [2.45, 2.75) is 26.3 Å². The highest BCUT2D eigenvalue weighted by atomic mass is 19.1. The van der Waals surface area contributed by atoms with Crippen LogP contribution >= 0.6 is 0 Å². The normalized spacial score (nSPS) is 10.6. The van der Waals surface area contributed by atoms with Gasteiger partial charge in [-0.2, -0.15) is 0 Å². The molecule has 2 rings (SSSR count). The maximum atomic E-state index is 13.3. The molecule has 0 aliphatic heterocycles. The fourth-order valence-corrected chi connectivity index (χ4v) is 1.82. The SMILES string of the molecule is CCCc1c(N)nnn1CCOc1ccccc1F. The Morgan fingerprint density at radius 2 is 2.16 bits per heavy atom. The molecule has 0 aliphatic rings. The molecule has 2 aromatic rings. The summed E-state index contributed by atoms with van der Waals surface area (Å²) in [7, 11) is 0. The number of nitrogen functional groups attached to an aromatic ring is 1. The molecule has 0 bridgehead atoms. The number of para-hydroxylation sites is 1. The Hall–Kier alpha value is -2.11. The van der Waals surface area contributed by atoms with E-state index in [0.29, 0.717) is 19.0 Å². The third kappa shape index (κ3) is 3.21. The van der Waals surface area contributed by atoms with Crippen LogP contribution in [0.1, 0.15) is 19.0 Å². The summed E-state index contributed by atoms with van der Waals surface area (Å²) in [5.41, 5.74) is 6.64. The lowest BCUT2D eigenvalue weighted by molar-refractivity contribution is 0.275. The number of benzene rings is 1. The highest BCUT2D eigenvalue weighted by molar-refractivity contribution is 5.32. The number of hydrogen-bond donors (Lipinski definition) is 1. The van der Waals surface area contributed by atoms with E-state index in [1.165, 1.54) is 6.07 Å². The Kier molecular flexibility index (Phi) is 4.33. The van der Waals surface area contributed by atoms with Crippen molar-refractivity contribution in [3.63, 3.8) is 0 Å². The second-order valence-electron chi connectivity index (χ2n) is 4.17. The fourth-order valence-electron chi connectivity index (χ4n) is 1.82. The number of nitrogens with two attached hydrogens (primary N) is 1. The highest BCUT2D eigenvalue weighted by Crippen LogP contribution is 2.15. The van der Waals surface area contributed by atoms with Crippen LogP contribution in [0.25, 0.3) is 0 Å². The molecule has 0 radical (unpaired) electrons. The van der Waals surface area contributed by atoms with Gasteiger partial charge < -0.3 is 10.5 Å². The average Bonchev–Trinajstić information content (AvgIpc) is 2.74. The minimum absolute atomic E-state index is 0.243. The third-order valence-corrected chi connectivity index (χ3v) is 2.75. The molecule has 5 nitrogen and oxygen atoms in total. The second-order valence-corrected chi connectivity index (χ2v) is 4.17. The van der Waals surface area contributed by atoms with Crippen LogP contribution < -0.4 is 10.5 Å². The summed E-state index contributed by atoms with van der Waals surface area (Å²) >= 11 is 0. The van der Waals surface area contributed by atoms with Crippen LogP contribution in [-0.2, 0) is 13.0 Å². The molecule has 0 saturated heterocycles. The van der Waals surface area contributed by atoms with Crippen molar-refractivity contribution < 1.29 is 9.13 Å². The molecule has 0 unspecified atom stereocenters. The van der Waals surface area contributed by atoms with Crippen LogP contribution in [0.2, 0.25) is 0 Å². The van der Waals surface area contributed by atoms with Crippen molar-refractivity contribution in [1.29, 1.82) is 0 Å². The van der Waals surface area contributed by atoms with E-state index in [1.807, 2.05) is 0 Å². The van der Waals surface area contributed by atoms with Gasteiger partial charge in [0.05, 0.1) is 12.2 Å². The number of ether oxygens (including phenoxy) is 1. The Morgan fingerprint density at radius 3 is 2.89 bits per heavy atom. The van der Waals surface area contributed by atoms with Gasteiger partial charge in [-0.25, -0.2) is 9.07 Å². The maximum Gasteiger partial charge on any atom is 0.169 e. The first kappa shape index (κ1) is 13.3. The second kappa shape index (κ2) is 6.17. The fraction of sp³-hybridized carbons (Fsp3) is 0.385. The van der Waals surface area contributed by atoms with Gasteiger partial charge in [0.25, 0.3) is 0 Å². The molecule has 1 heterocycles. The zero-order chi connectivity index (χ0) is 13.7. The van der Waals surface area contributed by atoms with Gasteiger partial charge in [0.1, 0.15) is 6.61 Å². The highest BCUT2D eigenvalue weighted by Gasteiger charge is 2.09. The number of anilines is 1. The summed E-state index contributed by atoms with van der Waals surface area (Å²) in [6, 6.07) is 6.32. The molecule has 19 heavy (non-hydrogen) atoms. The first-order chi connectivity index (χ1) is 9.22. The Balaban J connectivity index is 1.94. The monoisotopic (exact) mass is 264 g/mol. The lowest BCUT2D eigenvalue weighted by atomic mass is 10.2. The van der Waals surface area contributed by atoms with Crippen LogP contribution in [-0.4, -0.2) is 21.6 Å². The first-order valence-corrected chi connectivity index (χ1v) is 6.27. The predicted octanol–water partition coefficient (Wildman–Crippen LogP) is 2.03. The number of rotatable bonds is 6. The molecular formula is C13H17FN4O. The summed E-state index contributed by atoms with van der Waals surface area (Å²) in [5, 5.41) is 7.80. The zero-order valence-corrected chi connectivity index (χ0v) is 10.8. The average molecular weight is 264 g/mol. The standard InChI is InChI=1S/C13H17FN4O/c1-2-5-11-13(15)16-17-18(11)8-9-19-12-7-4-3-6-10(12)14/h3-4,6-7H,2,5,8-9,15H2,1H3. The molecule has 0 saturated carbocycles. The van der Waals surface area contributed by atoms with E-state index in [1.54, 1.807) is 22.9 Å².